The molecule has 0 fully saturated rings. The van der Waals surface area contributed by atoms with E-state index >= 15 is 0 Å². The van der Waals surface area contributed by atoms with Crippen molar-refractivity contribution in [1.29, 1.82) is 0 Å². The van der Waals surface area contributed by atoms with Gasteiger partial charge in [-0.15, -0.1) is 0 Å². The van der Waals surface area contributed by atoms with Crippen LogP contribution in [0.1, 0.15) is 27.7 Å². The predicted molar refractivity (Wildman–Crippen MR) is 79.4 cm³/mol. The average Bonchev–Trinajstić information content (AvgIpc) is 2.33. The normalized spacial score (nSPS) is 14.7. The molecule has 0 radical (unpaired) electrons. The first-order valence-electron chi connectivity index (χ1n) is 7.24. The van der Waals surface area contributed by atoms with Crippen LogP contribution in [0.4, 0.5) is 0 Å². The zero-order valence-electron chi connectivity index (χ0n) is 13.4. The molecule has 2 atom stereocenters. The maximum absolute atomic E-state index is 11.9. The Morgan fingerprint density at radius 3 is 2.26 bits per heavy atom. The van der Waals surface area contributed by atoms with Crippen molar-refractivity contribution in [2.24, 2.45) is 0 Å². The molecule has 1 N–H and O–H groups in total. The summed E-state index contributed by atoms with van der Waals surface area (Å²) in [6, 6.07) is 0.171. The molecule has 0 aliphatic carbocycles. The lowest BCUT2D eigenvalue weighted by atomic mass is 10.2. The summed E-state index contributed by atoms with van der Waals surface area (Å²) in [4.78, 5) is 16.4. The van der Waals surface area contributed by atoms with Crippen LogP contribution in [0.2, 0.25) is 0 Å². The first-order valence-corrected chi connectivity index (χ1v) is 7.24. The molecule has 0 aliphatic heterocycles. The highest BCUT2D eigenvalue weighted by Gasteiger charge is 2.23. The SMILES string of the molecule is CCNC(CN(CC)C(C)CN(C)C)C(=O)OCC. The molecule has 0 spiro atoms. The van der Waals surface area contributed by atoms with E-state index in [4.69, 9.17) is 4.74 Å². The van der Waals surface area contributed by atoms with Gasteiger partial charge in [0.05, 0.1) is 6.61 Å². The summed E-state index contributed by atoms with van der Waals surface area (Å²) in [6.07, 6.45) is 0. The Hall–Kier alpha value is -0.650. The van der Waals surface area contributed by atoms with Gasteiger partial charge < -0.3 is 15.0 Å². The van der Waals surface area contributed by atoms with E-state index in [1.807, 2.05) is 13.8 Å². The van der Waals surface area contributed by atoms with Gasteiger partial charge in [-0.3, -0.25) is 9.69 Å². The third-order valence-electron chi connectivity index (χ3n) is 3.10. The van der Waals surface area contributed by atoms with Gasteiger partial charge in [0.1, 0.15) is 6.04 Å². The fourth-order valence-electron chi connectivity index (χ4n) is 2.21. The van der Waals surface area contributed by atoms with Gasteiger partial charge in [0, 0.05) is 19.1 Å². The molecular formula is C14H31N3O2. The number of hydrogen-bond donors (Lipinski definition) is 1. The van der Waals surface area contributed by atoms with E-state index in [-0.39, 0.29) is 12.0 Å². The van der Waals surface area contributed by atoms with E-state index in [9.17, 15) is 4.79 Å². The first-order chi connectivity index (χ1) is 8.96. The van der Waals surface area contributed by atoms with Crippen molar-refractivity contribution in [3.8, 4) is 0 Å². The van der Waals surface area contributed by atoms with Crippen LogP contribution in [0.5, 0.6) is 0 Å². The summed E-state index contributed by atoms with van der Waals surface area (Å²) in [5.41, 5.74) is 0. The second-order valence-electron chi connectivity index (χ2n) is 5.06. The number of nitrogens with zero attached hydrogens (tertiary/aromatic N) is 2. The van der Waals surface area contributed by atoms with Crippen LogP contribution >= 0.6 is 0 Å². The van der Waals surface area contributed by atoms with Gasteiger partial charge in [0.15, 0.2) is 0 Å². The van der Waals surface area contributed by atoms with Gasteiger partial charge in [-0.1, -0.05) is 13.8 Å². The van der Waals surface area contributed by atoms with Gasteiger partial charge in [0.25, 0.3) is 0 Å². The van der Waals surface area contributed by atoms with Crippen LogP contribution in [0.15, 0.2) is 0 Å². The van der Waals surface area contributed by atoms with Crippen LogP contribution in [0.25, 0.3) is 0 Å². The Balaban J connectivity index is 4.54. The number of carbonyl (C=O) groups is 1. The molecule has 5 heteroatoms. The van der Waals surface area contributed by atoms with Crippen LogP contribution in [0, 0.1) is 0 Å². The van der Waals surface area contributed by atoms with Gasteiger partial charge in [0.2, 0.25) is 0 Å². The zero-order chi connectivity index (χ0) is 14.8. The second kappa shape index (κ2) is 10.2. The fourth-order valence-corrected chi connectivity index (χ4v) is 2.21. The molecular weight excluding hydrogens is 242 g/mol. The lowest BCUT2D eigenvalue weighted by molar-refractivity contribution is -0.146. The average molecular weight is 273 g/mol. The van der Waals surface area contributed by atoms with Crippen molar-refractivity contribution in [1.82, 2.24) is 15.1 Å². The second-order valence-corrected chi connectivity index (χ2v) is 5.06. The molecule has 0 bridgehead atoms. The highest BCUT2D eigenvalue weighted by Crippen LogP contribution is 2.03. The van der Waals surface area contributed by atoms with Crippen molar-refractivity contribution >= 4 is 5.97 Å². The summed E-state index contributed by atoms with van der Waals surface area (Å²) >= 11 is 0. The minimum Gasteiger partial charge on any atom is -0.465 e. The monoisotopic (exact) mass is 273 g/mol. The molecule has 0 aromatic rings. The molecule has 0 saturated carbocycles. The smallest absolute Gasteiger partial charge is 0.324 e. The topological polar surface area (TPSA) is 44.8 Å². The number of carbonyl (C=O) groups excluding carboxylic acids is 1. The number of ether oxygens (including phenoxy) is 1. The summed E-state index contributed by atoms with van der Waals surface area (Å²) in [7, 11) is 4.13. The number of likely N-dealkylation sites (N-methyl/N-ethyl adjacent to an activating group) is 3. The zero-order valence-corrected chi connectivity index (χ0v) is 13.4. The highest BCUT2D eigenvalue weighted by atomic mass is 16.5. The molecule has 5 nitrogen and oxygen atoms in total. The number of nitrogens with one attached hydrogen (secondary N) is 1. The van der Waals surface area contributed by atoms with E-state index in [1.165, 1.54) is 0 Å². The molecule has 0 amide bonds. The van der Waals surface area contributed by atoms with Crippen molar-refractivity contribution in [3.05, 3.63) is 0 Å². The summed E-state index contributed by atoms with van der Waals surface area (Å²) < 4.78 is 5.12. The van der Waals surface area contributed by atoms with Crippen LogP contribution < -0.4 is 5.32 Å². The molecule has 0 heterocycles. The minimum atomic E-state index is -0.241. The third kappa shape index (κ3) is 7.50. The number of hydrogen-bond acceptors (Lipinski definition) is 5. The number of rotatable bonds is 10. The number of esters is 1. The summed E-state index contributed by atoms with van der Waals surface area (Å²) in [6.45, 7) is 12.0. The van der Waals surface area contributed by atoms with Gasteiger partial charge in [-0.25, -0.2) is 0 Å². The molecule has 0 aromatic heterocycles. The van der Waals surface area contributed by atoms with Gasteiger partial charge >= 0.3 is 5.97 Å². The first kappa shape index (κ1) is 18.4. The van der Waals surface area contributed by atoms with Gasteiger partial charge in [-0.05, 0) is 41.0 Å². The van der Waals surface area contributed by atoms with Crippen molar-refractivity contribution in [2.75, 3.05) is 46.9 Å². The van der Waals surface area contributed by atoms with Crippen LogP contribution in [-0.4, -0.2) is 74.7 Å². The van der Waals surface area contributed by atoms with Crippen molar-refractivity contribution in [3.63, 3.8) is 0 Å². The lowest BCUT2D eigenvalue weighted by Crippen LogP contribution is -2.51. The quantitative estimate of drug-likeness (QED) is 0.597. The van der Waals surface area contributed by atoms with E-state index in [0.29, 0.717) is 19.2 Å². The molecule has 0 aromatic carbocycles. The van der Waals surface area contributed by atoms with E-state index in [2.05, 4.69) is 43.1 Å². The Bertz CT molecular complexity index is 247. The Labute approximate surface area is 118 Å². The van der Waals surface area contributed by atoms with E-state index in [0.717, 1.165) is 19.6 Å². The highest BCUT2D eigenvalue weighted by molar-refractivity contribution is 5.76. The summed E-state index contributed by atoms with van der Waals surface area (Å²) in [5.74, 6) is -0.153. The maximum atomic E-state index is 11.9. The van der Waals surface area contributed by atoms with Crippen LogP contribution in [-0.2, 0) is 9.53 Å². The lowest BCUT2D eigenvalue weighted by Gasteiger charge is -2.32. The Morgan fingerprint density at radius 1 is 1.21 bits per heavy atom. The van der Waals surface area contributed by atoms with Crippen LogP contribution in [0.3, 0.4) is 0 Å². The van der Waals surface area contributed by atoms with Crippen molar-refractivity contribution < 1.29 is 9.53 Å². The van der Waals surface area contributed by atoms with E-state index in [1.54, 1.807) is 0 Å². The summed E-state index contributed by atoms with van der Waals surface area (Å²) in [5, 5.41) is 3.21. The Kier molecular flexibility index (Phi) is 9.83. The molecule has 114 valence electrons. The molecule has 0 saturated heterocycles. The molecule has 2 unspecified atom stereocenters. The fraction of sp³-hybridized carbons (Fsp3) is 0.929. The van der Waals surface area contributed by atoms with Gasteiger partial charge in [-0.2, -0.15) is 0 Å². The largest absolute Gasteiger partial charge is 0.465 e. The molecule has 0 rings (SSSR count). The molecule has 19 heavy (non-hydrogen) atoms. The molecule has 0 aliphatic rings. The van der Waals surface area contributed by atoms with Crippen molar-refractivity contribution in [2.45, 2.75) is 39.8 Å². The Morgan fingerprint density at radius 2 is 1.84 bits per heavy atom. The maximum Gasteiger partial charge on any atom is 0.324 e. The standard InChI is InChI=1S/C14H31N3O2/c1-7-15-13(14(18)19-9-3)11-17(8-2)12(4)10-16(5)6/h12-13,15H,7-11H2,1-6H3. The third-order valence-corrected chi connectivity index (χ3v) is 3.10. The van der Waals surface area contributed by atoms with E-state index < -0.39 is 0 Å². The minimum absolute atomic E-state index is 0.153. The predicted octanol–water partition coefficient (Wildman–Crippen LogP) is 0.800.